The van der Waals surface area contributed by atoms with Gasteiger partial charge in [0, 0.05) is 11.7 Å². The van der Waals surface area contributed by atoms with E-state index in [-0.39, 0.29) is 11.8 Å². The Bertz CT molecular complexity index is 319. The molecular weight excluding hydrogens is 219 g/mol. The number of alkyl halides is 3. The third kappa shape index (κ3) is 4.91. The van der Waals surface area contributed by atoms with E-state index in [1.807, 2.05) is 13.8 Å². The quantitative estimate of drug-likeness (QED) is 0.860. The number of hydrogen-bond donors (Lipinski definition) is 1. The fraction of sp³-hybridized carbons (Fsp3) is 0.455. The van der Waals surface area contributed by atoms with E-state index in [2.05, 4.69) is 10.1 Å². The minimum Gasteiger partial charge on any atom is -0.484 e. The van der Waals surface area contributed by atoms with Gasteiger partial charge in [0.15, 0.2) is 6.61 Å². The molecule has 1 aromatic carbocycles. The number of ether oxygens (including phenoxy) is 1. The van der Waals surface area contributed by atoms with E-state index >= 15 is 0 Å². The Morgan fingerprint density at radius 2 is 1.75 bits per heavy atom. The zero-order valence-corrected chi connectivity index (χ0v) is 9.14. The summed E-state index contributed by atoms with van der Waals surface area (Å²) in [5.74, 6) is 0.214. The van der Waals surface area contributed by atoms with Crippen LogP contribution in [0, 0.1) is 0 Å². The van der Waals surface area contributed by atoms with E-state index in [1.54, 1.807) is 12.1 Å². The first-order chi connectivity index (χ1) is 7.37. The summed E-state index contributed by atoms with van der Waals surface area (Å²) in [5, 5.41) is 3.13. The van der Waals surface area contributed by atoms with Gasteiger partial charge in [-0.3, -0.25) is 0 Å². The molecule has 0 atom stereocenters. The second-order valence-corrected chi connectivity index (χ2v) is 3.73. The maximum absolute atomic E-state index is 11.9. The smallest absolute Gasteiger partial charge is 0.422 e. The van der Waals surface area contributed by atoms with Crippen LogP contribution in [0.3, 0.4) is 0 Å². The first-order valence-electron chi connectivity index (χ1n) is 4.93. The minimum absolute atomic E-state index is 0.214. The normalized spacial score (nSPS) is 11.6. The molecule has 0 amide bonds. The Kier molecular flexibility index (Phi) is 4.04. The van der Waals surface area contributed by atoms with Crippen molar-refractivity contribution >= 4 is 5.69 Å². The molecule has 90 valence electrons. The number of nitrogens with one attached hydrogen (secondary N) is 1. The standard InChI is InChI=1S/C11H14F3NO/c1-8(2)15-9-3-5-10(6-4-9)16-7-11(12,13)14/h3-6,8,15H,7H2,1-2H3. The molecule has 0 unspecified atom stereocenters. The summed E-state index contributed by atoms with van der Waals surface area (Å²) in [5.41, 5.74) is 0.856. The average Bonchev–Trinajstić information content (AvgIpc) is 2.14. The third-order valence-electron chi connectivity index (χ3n) is 1.71. The zero-order valence-electron chi connectivity index (χ0n) is 9.14. The van der Waals surface area contributed by atoms with Crippen LogP contribution in [-0.4, -0.2) is 18.8 Å². The number of halogens is 3. The highest BCUT2D eigenvalue weighted by atomic mass is 19.4. The molecule has 0 radical (unpaired) electrons. The van der Waals surface area contributed by atoms with Crippen molar-refractivity contribution in [3.8, 4) is 5.75 Å². The minimum atomic E-state index is -4.30. The number of rotatable bonds is 4. The van der Waals surface area contributed by atoms with E-state index in [1.165, 1.54) is 12.1 Å². The van der Waals surface area contributed by atoms with Gasteiger partial charge in [-0.15, -0.1) is 0 Å². The fourth-order valence-electron chi connectivity index (χ4n) is 1.15. The van der Waals surface area contributed by atoms with E-state index in [4.69, 9.17) is 0 Å². The number of hydrogen-bond acceptors (Lipinski definition) is 2. The van der Waals surface area contributed by atoms with Gasteiger partial charge < -0.3 is 10.1 Å². The van der Waals surface area contributed by atoms with Crippen molar-refractivity contribution < 1.29 is 17.9 Å². The molecule has 0 saturated heterocycles. The van der Waals surface area contributed by atoms with Gasteiger partial charge in [-0.25, -0.2) is 0 Å². The first kappa shape index (κ1) is 12.7. The Hall–Kier alpha value is -1.39. The van der Waals surface area contributed by atoms with Gasteiger partial charge in [0.2, 0.25) is 0 Å². The second kappa shape index (κ2) is 5.09. The van der Waals surface area contributed by atoms with Gasteiger partial charge in [0.1, 0.15) is 5.75 Å². The Labute approximate surface area is 92.4 Å². The van der Waals surface area contributed by atoms with Gasteiger partial charge in [-0.1, -0.05) is 0 Å². The molecule has 0 aromatic heterocycles. The largest absolute Gasteiger partial charge is 0.484 e. The van der Waals surface area contributed by atoms with Crippen molar-refractivity contribution in [2.45, 2.75) is 26.1 Å². The highest BCUT2D eigenvalue weighted by Crippen LogP contribution is 2.20. The van der Waals surface area contributed by atoms with Crippen LogP contribution in [0.25, 0.3) is 0 Å². The van der Waals surface area contributed by atoms with E-state index < -0.39 is 12.8 Å². The molecule has 0 saturated carbocycles. The Morgan fingerprint density at radius 1 is 1.19 bits per heavy atom. The molecule has 16 heavy (non-hydrogen) atoms. The lowest BCUT2D eigenvalue weighted by atomic mass is 10.2. The lowest BCUT2D eigenvalue weighted by Gasteiger charge is -2.12. The summed E-state index contributed by atoms with van der Waals surface area (Å²) < 4.78 is 40.1. The maximum atomic E-state index is 11.9. The first-order valence-corrected chi connectivity index (χ1v) is 4.93. The molecular formula is C11H14F3NO. The summed E-state index contributed by atoms with van der Waals surface area (Å²) >= 11 is 0. The molecule has 1 rings (SSSR count). The van der Waals surface area contributed by atoms with Gasteiger partial charge >= 0.3 is 6.18 Å². The topological polar surface area (TPSA) is 21.3 Å². The zero-order chi connectivity index (χ0) is 12.2. The average molecular weight is 233 g/mol. The molecule has 0 heterocycles. The van der Waals surface area contributed by atoms with Crippen LogP contribution in [0.15, 0.2) is 24.3 Å². The van der Waals surface area contributed by atoms with Crippen molar-refractivity contribution in [1.82, 2.24) is 0 Å². The summed E-state index contributed by atoms with van der Waals surface area (Å²) in [6.45, 7) is 2.70. The molecule has 2 nitrogen and oxygen atoms in total. The number of anilines is 1. The summed E-state index contributed by atoms with van der Waals surface area (Å²) in [6, 6.07) is 6.67. The van der Waals surface area contributed by atoms with Crippen molar-refractivity contribution in [3.63, 3.8) is 0 Å². The van der Waals surface area contributed by atoms with E-state index in [0.29, 0.717) is 0 Å². The molecule has 0 aliphatic carbocycles. The van der Waals surface area contributed by atoms with Gasteiger partial charge in [0.05, 0.1) is 0 Å². The lowest BCUT2D eigenvalue weighted by Crippen LogP contribution is -2.19. The molecule has 0 aliphatic heterocycles. The number of benzene rings is 1. The van der Waals surface area contributed by atoms with Crippen LogP contribution < -0.4 is 10.1 Å². The van der Waals surface area contributed by atoms with Crippen LogP contribution in [-0.2, 0) is 0 Å². The Balaban J connectivity index is 2.51. The highest BCUT2D eigenvalue weighted by molar-refractivity contribution is 5.46. The van der Waals surface area contributed by atoms with Crippen LogP contribution in [0.2, 0.25) is 0 Å². The molecule has 0 fully saturated rings. The SMILES string of the molecule is CC(C)Nc1ccc(OCC(F)(F)F)cc1. The highest BCUT2D eigenvalue weighted by Gasteiger charge is 2.28. The van der Waals surface area contributed by atoms with Crippen LogP contribution in [0.1, 0.15) is 13.8 Å². The van der Waals surface area contributed by atoms with Gasteiger partial charge in [-0.2, -0.15) is 13.2 Å². The van der Waals surface area contributed by atoms with E-state index in [0.717, 1.165) is 5.69 Å². The maximum Gasteiger partial charge on any atom is 0.422 e. The van der Waals surface area contributed by atoms with Crippen molar-refractivity contribution in [2.24, 2.45) is 0 Å². The summed E-state index contributed by atoms with van der Waals surface area (Å²) in [4.78, 5) is 0. The van der Waals surface area contributed by atoms with E-state index in [9.17, 15) is 13.2 Å². The van der Waals surface area contributed by atoms with Crippen LogP contribution in [0.4, 0.5) is 18.9 Å². The van der Waals surface area contributed by atoms with Crippen LogP contribution in [0.5, 0.6) is 5.75 Å². The van der Waals surface area contributed by atoms with Crippen molar-refractivity contribution in [3.05, 3.63) is 24.3 Å². The molecule has 1 N–H and O–H groups in total. The summed E-state index contributed by atoms with van der Waals surface area (Å²) in [6.07, 6.45) is -4.30. The molecule has 0 aliphatic rings. The summed E-state index contributed by atoms with van der Waals surface area (Å²) in [7, 11) is 0. The second-order valence-electron chi connectivity index (χ2n) is 3.73. The third-order valence-corrected chi connectivity index (χ3v) is 1.71. The monoisotopic (exact) mass is 233 g/mol. The molecule has 5 heteroatoms. The lowest BCUT2D eigenvalue weighted by molar-refractivity contribution is -0.153. The van der Waals surface area contributed by atoms with Gasteiger partial charge in [-0.05, 0) is 38.1 Å². The molecule has 0 bridgehead atoms. The molecule has 1 aromatic rings. The molecule has 0 spiro atoms. The fourth-order valence-corrected chi connectivity index (χ4v) is 1.15. The Morgan fingerprint density at radius 3 is 2.19 bits per heavy atom. The van der Waals surface area contributed by atoms with Gasteiger partial charge in [0.25, 0.3) is 0 Å². The van der Waals surface area contributed by atoms with Crippen molar-refractivity contribution in [2.75, 3.05) is 11.9 Å². The predicted molar refractivity (Wildman–Crippen MR) is 56.8 cm³/mol. The predicted octanol–water partition coefficient (Wildman–Crippen LogP) is 3.45. The van der Waals surface area contributed by atoms with Crippen molar-refractivity contribution in [1.29, 1.82) is 0 Å². The van der Waals surface area contributed by atoms with Crippen LogP contribution >= 0.6 is 0 Å².